The van der Waals surface area contributed by atoms with Crippen molar-refractivity contribution in [1.82, 2.24) is 5.32 Å². The van der Waals surface area contributed by atoms with Crippen molar-refractivity contribution >= 4 is 0 Å². The van der Waals surface area contributed by atoms with Crippen LogP contribution in [0.3, 0.4) is 0 Å². The second-order valence-electron chi connectivity index (χ2n) is 6.02. The molecule has 2 rings (SSSR count). The average Bonchev–Trinajstić information content (AvgIpc) is 2.40. The van der Waals surface area contributed by atoms with Crippen molar-refractivity contribution in [3.05, 3.63) is 35.6 Å². The Morgan fingerprint density at radius 1 is 1.40 bits per heavy atom. The van der Waals surface area contributed by atoms with E-state index in [2.05, 4.69) is 18.3 Å². The van der Waals surface area contributed by atoms with Gasteiger partial charge in [0, 0.05) is 25.6 Å². The van der Waals surface area contributed by atoms with E-state index in [1.807, 2.05) is 6.07 Å². The molecule has 1 N–H and O–H groups in total. The molecule has 1 fully saturated rings. The Labute approximate surface area is 121 Å². The summed E-state index contributed by atoms with van der Waals surface area (Å²) in [6, 6.07) is 7.13. The molecule has 112 valence electrons. The maximum atomic E-state index is 13.5. The molecule has 0 aliphatic heterocycles. The topological polar surface area (TPSA) is 21.3 Å². The zero-order valence-electron chi connectivity index (χ0n) is 12.6. The van der Waals surface area contributed by atoms with Gasteiger partial charge in [-0.2, -0.15) is 0 Å². The zero-order valence-corrected chi connectivity index (χ0v) is 12.6. The molecule has 0 unspecified atom stereocenters. The lowest BCUT2D eigenvalue weighted by Gasteiger charge is -2.49. The standard InChI is InChI=1S/C17H26FNO/c1-3-5-14-11-17(12-14,13-19-8-9-20-2)15-6-4-7-16(18)10-15/h4,6-7,10,14,19H,3,5,8-9,11-13H2,1-2H3. The molecule has 3 heteroatoms. The molecule has 0 radical (unpaired) electrons. The summed E-state index contributed by atoms with van der Waals surface area (Å²) >= 11 is 0. The predicted molar refractivity (Wildman–Crippen MR) is 80.5 cm³/mol. The van der Waals surface area contributed by atoms with Crippen molar-refractivity contribution in [3.8, 4) is 0 Å². The third-order valence-electron chi connectivity index (χ3n) is 4.44. The number of hydrogen-bond donors (Lipinski definition) is 1. The van der Waals surface area contributed by atoms with E-state index in [1.54, 1.807) is 13.2 Å². The highest BCUT2D eigenvalue weighted by atomic mass is 19.1. The van der Waals surface area contributed by atoms with Crippen molar-refractivity contribution in [2.24, 2.45) is 5.92 Å². The minimum atomic E-state index is -0.127. The summed E-state index contributed by atoms with van der Waals surface area (Å²) < 4.78 is 18.6. The van der Waals surface area contributed by atoms with Crippen LogP contribution in [0.4, 0.5) is 4.39 Å². The minimum absolute atomic E-state index is 0.121. The van der Waals surface area contributed by atoms with Gasteiger partial charge in [0.1, 0.15) is 5.82 Å². The SMILES string of the molecule is CCCC1CC(CNCCOC)(c2cccc(F)c2)C1. The number of methoxy groups -OCH3 is 1. The van der Waals surface area contributed by atoms with E-state index in [0.717, 1.165) is 31.2 Å². The maximum Gasteiger partial charge on any atom is 0.123 e. The third kappa shape index (κ3) is 3.58. The van der Waals surface area contributed by atoms with E-state index in [4.69, 9.17) is 4.74 Å². The van der Waals surface area contributed by atoms with Gasteiger partial charge in [-0.15, -0.1) is 0 Å². The van der Waals surface area contributed by atoms with Crippen LogP contribution in [-0.4, -0.2) is 26.8 Å². The van der Waals surface area contributed by atoms with Crippen LogP contribution in [0.2, 0.25) is 0 Å². The first-order valence-electron chi connectivity index (χ1n) is 7.66. The van der Waals surface area contributed by atoms with Gasteiger partial charge in [-0.3, -0.25) is 0 Å². The molecule has 0 atom stereocenters. The van der Waals surface area contributed by atoms with Crippen LogP contribution < -0.4 is 5.32 Å². The molecule has 1 aromatic rings. The fraction of sp³-hybridized carbons (Fsp3) is 0.647. The first kappa shape index (κ1) is 15.5. The number of nitrogens with one attached hydrogen (secondary N) is 1. The summed E-state index contributed by atoms with van der Waals surface area (Å²) in [5.74, 6) is 0.671. The van der Waals surface area contributed by atoms with Gasteiger partial charge in [0.15, 0.2) is 0 Å². The first-order chi connectivity index (χ1) is 9.70. The number of halogens is 1. The van der Waals surface area contributed by atoms with Gasteiger partial charge < -0.3 is 10.1 Å². The van der Waals surface area contributed by atoms with Gasteiger partial charge >= 0.3 is 0 Å². The molecule has 0 spiro atoms. The quantitative estimate of drug-likeness (QED) is 0.735. The van der Waals surface area contributed by atoms with Crippen LogP contribution in [0.1, 0.15) is 38.2 Å². The summed E-state index contributed by atoms with van der Waals surface area (Å²) in [5.41, 5.74) is 1.27. The zero-order chi connectivity index (χ0) is 14.4. The summed E-state index contributed by atoms with van der Waals surface area (Å²) in [5, 5.41) is 3.46. The first-order valence-corrected chi connectivity index (χ1v) is 7.66. The third-order valence-corrected chi connectivity index (χ3v) is 4.44. The molecule has 1 aromatic carbocycles. The average molecular weight is 279 g/mol. The largest absolute Gasteiger partial charge is 0.383 e. The molecular formula is C17H26FNO. The fourth-order valence-electron chi connectivity index (χ4n) is 3.46. The molecule has 0 heterocycles. The van der Waals surface area contributed by atoms with Crippen molar-refractivity contribution in [1.29, 1.82) is 0 Å². The Bertz CT molecular complexity index is 415. The lowest BCUT2D eigenvalue weighted by Crippen LogP contribution is -2.49. The normalized spacial score (nSPS) is 25.4. The fourth-order valence-corrected chi connectivity index (χ4v) is 3.46. The van der Waals surface area contributed by atoms with E-state index >= 15 is 0 Å². The van der Waals surface area contributed by atoms with Crippen LogP contribution in [0.15, 0.2) is 24.3 Å². The number of benzene rings is 1. The minimum Gasteiger partial charge on any atom is -0.383 e. The number of hydrogen-bond acceptors (Lipinski definition) is 2. The van der Waals surface area contributed by atoms with Gasteiger partial charge in [0.25, 0.3) is 0 Å². The molecule has 0 bridgehead atoms. The molecule has 2 nitrogen and oxygen atoms in total. The highest BCUT2D eigenvalue weighted by Gasteiger charge is 2.44. The van der Waals surface area contributed by atoms with Crippen LogP contribution in [-0.2, 0) is 10.2 Å². The summed E-state index contributed by atoms with van der Waals surface area (Å²) in [4.78, 5) is 0. The Hall–Kier alpha value is -0.930. The summed E-state index contributed by atoms with van der Waals surface area (Å²) in [6.45, 7) is 4.72. The molecule has 1 aliphatic rings. The van der Waals surface area contributed by atoms with Gasteiger partial charge in [0.05, 0.1) is 6.61 Å². The van der Waals surface area contributed by atoms with Crippen molar-refractivity contribution in [2.75, 3.05) is 26.8 Å². The van der Waals surface area contributed by atoms with Gasteiger partial charge in [0.2, 0.25) is 0 Å². The van der Waals surface area contributed by atoms with Crippen molar-refractivity contribution in [2.45, 2.75) is 38.0 Å². The van der Waals surface area contributed by atoms with Crippen molar-refractivity contribution < 1.29 is 9.13 Å². The molecule has 20 heavy (non-hydrogen) atoms. The smallest absolute Gasteiger partial charge is 0.123 e. The Morgan fingerprint density at radius 2 is 2.20 bits per heavy atom. The van der Waals surface area contributed by atoms with E-state index in [9.17, 15) is 4.39 Å². The molecule has 1 aliphatic carbocycles. The number of rotatable bonds is 8. The van der Waals surface area contributed by atoms with Crippen molar-refractivity contribution in [3.63, 3.8) is 0 Å². The predicted octanol–water partition coefficient (Wildman–Crippen LogP) is 3.51. The second-order valence-corrected chi connectivity index (χ2v) is 6.02. The van der Waals surface area contributed by atoms with E-state index in [1.165, 1.54) is 31.7 Å². The molecule has 1 saturated carbocycles. The van der Waals surface area contributed by atoms with E-state index in [0.29, 0.717) is 0 Å². The Morgan fingerprint density at radius 3 is 2.85 bits per heavy atom. The highest BCUT2D eigenvalue weighted by molar-refractivity contribution is 5.30. The van der Waals surface area contributed by atoms with Crippen LogP contribution in [0, 0.1) is 11.7 Å². The molecule has 0 aromatic heterocycles. The van der Waals surface area contributed by atoms with Crippen LogP contribution in [0.5, 0.6) is 0 Å². The van der Waals surface area contributed by atoms with E-state index < -0.39 is 0 Å². The lowest BCUT2D eigenvalue weighted by atomic mass is 9.57. The second kappa shape index (κ2) is 7.19. The molecule has 0 amide bonds. The molecule has 0 saturated heterocycles. The molecular weight excluding hydrogens is 253 g/mol. The van der Waals surface area contributed by atoms with E-state index in [-0.39, 0.29) is 11.2 Å². The number of ether oxygens (including phenoxy) is 1. The summed E-state index contributed by atoms with van der Waals surface area (Å²) in [6.07, 6.45) is 4.87. The maximum absolute atomic E-state index is 13.5. The van der Waals surface area contributed by atoms with Gasteiger partial charge in [-0.05, 0) is 36.5 Å². The van der Waals surface area contributed by atoms with Crippen LogP contribution in [0.25, 0.3) is 0 Å². The monoisotopic (exact) mass is 279 g/mol. The Kier molecular flexibility index (Phi) is 5.55. The summed E-state index contributed by atoms with van der Waals surface area (Å²) in [7, 11) is 1.71. The van der Waals surface area contributed by atoms with Gasteiger partial charge in [-0.25, -0.2) is 4.39 Å². The lowest BCUT2D eigenvalue weighted by molar-refractivity contribution is 0.123. The van der Waals surface area contributed by atoms with Crippen LogP contribution >= 0.6 is 0 Å². The Balaban J connectivity index is 2.02. The van der Waals surface area contributed by atoms with Gasteiger partial charge in [-0.1, -0.05) is 31.9 Å². The highest BCUT2D eigenvalue weighted by Crippen LogP contribution is 2.49.